The Hall–Kier alpha value is -4.42. The second-order valence-corrected chi connectivity index (χ2v) is 11.7. The molecule has 1 aliphatic heterocycles. The Balaban J connectivity index is 1.59. The molecule has 1 aliphatic rings. The SMILES string of the molecule is CCOC(=O)C1=C(C)N=c2s/c(=C\c3ccc(OCc4ccc(F)cc4)c(OC)c3)c(=O)n2[C@H]1c1cc(OC)c(OC)cc1Br. The highest BCUT2D eigenvalue weighted by Crippen LogP contribution is 2.41. The van der Waals surface area contributed by atoms with Crippen LogP contribution in [0.2, 0.25) is 0 Å². The average Bonchev–Trinajstić information content (AvgIpc) is 3.33. The second-order valence-electron chi connectivity index (χ2n) is 9.86. The molecule has 45 heavy (non-hydrogen) atoms. The topological polar surface area (TPSA) is 97.6 Å². The molecule has 0 fully saturated rings. The summed E-state index contributed by atoms with van der Waals surface area (Å²) >= 11 is 4.81. The van der Waals surface area contributed by atoms with E-state index in [1.165, 1.54) is 49.4 Å². The van der Waals surface area contributed by atoms with E-state index in [-0.39, 0.29) is 30.2 Å². The number of fused-ring (bicyclic) bond motifs is 1. The van der Waals surface area contributed by atoms with Gasteiger partial charge in [-0.05, 0) is 73.0 Å². The number of rotatable bonds is 10. The van der Waals surface area contributed by atoms with Crippen molar-refractivity contribution in [1.29, 1.82) is 0 Å². The number of ether oxygens (including phenoxy) is 5. The lowest BCUT2D eigenvalue weighted by Crippen LogP contribution is -2.40. The van der Waals surface area contributed by atoms with E-state index < -0.39 is 12.0 Å². The van der Waals surface area contributed by atoms with E-state index in [1.54, 1.807) is 62.4 Å². The molecular formula is C33H30BrFN2O7S. The van der Waals surface area contributed by atoms with Crippen LogP contribution in [0.4, 0.5) is 4.39 Å². The lowest BCUT2D eigenvalue weighted by molar-refractivity contribution is -0.139. The van der Waals surface area contributed by atoms with Gasteiger partial charge in [0.1, 0.15) is 12.4 Å². The Labute approximate surface area is 270 Å². The minimum atomic E-state index is -0.853. The van der Waals surface area contributed by atoms with Crippen LogP contribution in [0.3, 0.4) is 0 Å². The number of esters is 1. The van der Waals surface area contributed by atoms with E-state index in [1.807, 2.05) is 0 Å². The van der Waals surface area contributed by atoms with Crippen LogP contribution < -0.4 is 33.8 Å². The number of thiazole rings is 1. The quantitative estimate of drug-likeness (QED) is 0.208. The van der Waals surface area contributed by atoms with Crippen LogP contribution in [0.15, 0.2) is 80.1 Å². The Morgan fingerprint density at radius 2 is 1.67 bits per heavy atom. The Bertz CT molecular complexity index is 1970. The molecule has 2 heterocycles. The monoisotopic (exact) mass is 696 g/mol. The normalized spacial score (nSPS) is 14.5. The summed E-state index contributed by atoms with van der Waals surface area (Å²) in [6, 6.07) is 14.0. The van der Waals surface area contributed by atoms with Gasteiger partial charge in [-0.2, -0.15) is 0 Å². The van der Waals surface area contributed by atoms with E-state index in [9.17, 15) is 14.0 Å². The van der Waals surface area contributed by atoms with Crippen LogP contribution in [0.1, 0.15) is 36.6 Å². The predicted molar refractivity (Wildman–Crippen MR) is 171 cm³/mol. The minimum Gasteiger partial charge on any atom is -0.493 e. The molecule has 0 spiro atoms. The van der Waals surface area contributed by atoms with Crippen molar-refractivity contribution in [2.75, 3.05) is 27.9 Å². The molecule has 0 bridgehead atoms. The molecule has 0 radical (unpaired) electrons. The molecule has 4 aromatic rings. The number of aromatic nitrogens is 1. The molecule has 0 amide bonds. The number of carbonyl (C=O) groups excluding carboxylic acids is 1. The van der Waals surface area contributed by atoms with Crippen molar-refractivity contribution < 1.29 is 32.9 Å². The average molecular weight is 698 g/mol. The minimum absolute atomic E-state index is 0.158. The molecule has 3 aromatic carbocycles. The largest absolute Gasteiger partial charge is 0.493 e. The summed E-state index contributed by atoms with van der Waals surface area (Å²) in [5.41, 5.74) is 2.44. The lowest BCUT2D eigenvalue weighted by Gasteiger charge is -2.26. The van der Waals surface area contributed by atoms with Gasteiger partial charge in [-0.3, -0.25) is 9.36 Å². The van der Waals surface area contributed by atoms with Gasteiger partial charge in [0.2, 0.25) is 0 Å². The van der Waals surface area contributed by atoms with Crippen LogP contribution in [-0.4, -0.2) is 38.5 Å². The zero-order valence-electron chi connectivity index (χ0n) is 25.2. The molecule has 5 rings (SSSR count). The van der Waals surface area contributed by atoms with E-state index in [4.69, 9.17) is 23.7 Å². The van der Waals surface area contributed by atoms with Crippen LogP contribution in [0.25, 0.3) is 6.08 Å². The third-order valence-electron chi connectivity index (χ3n) is 7.11. The predicted octanol–water partition coefficient (Wildman–Crippen LogP) is 5.30. The standard InChI is InChI=1S/C33H30BrFN2O7S/c1-6-43-32(39)29-18(2)36-33-37(30(29)22-15-26(41-4)27(42-5)16-23(22)34)31(38)28(45-33)14-20-9-12-24(25(13-20)40-3)44-17-19-7-10-21(35)11-8-19/h7-16,30H,6,17H2,1-5H3/b28-14-/t30-/m0/s1. The van der Waals surface area contributed by atoms with Gasteiger partial charge in [0, 0.05) is 4.47 Å². The molecule has 1 atom stereocenters. The first-order valence-corrected chi connectivity index (χ1v) is 15.5. The van der Waals surface area contributed by atoms with Crippen LogP contribution in [0, 0.1) is 5.82 Å². The maximum atomic E-state index is 14.1. The van der Waals surface area contributed by atoms with Crippen molar-refractivity contribution in [3.05, 3.63) is 113 Å². The maximum absolute atomic E-state index is 14.1. The molecule has 9 nitrogen and oxygen atoms in total. The third-order valence-corrected chi connectivity index (χ3v) is 8.78. The Morgan fingerprint density at radius 1 is 1.00 bits per heavy atom. The Kier molecular flexibility index (Phi) is 9.74. The summed E-state index contributed by atoms with van der Waals surface area (Å²) in [6.07, 6.45) is 1.74. The zero-order chi connectivity index (χ0) is 32.2. The summed E-state index contributed by atoms with van der Waals surface area (Å²) < 4.78 is 43.6. The van der Waals surface area contributed by atoms with Crippen molar-refractivity contribution in [1.82, 2.24) is 4.57 Å². The fraction of sp³-hybridized carbons (Fsp3) is 0.242. The highest BCUT2D eigenvalue weighted by molar-refractivity contribution is 9.10. The van der Waals surface area contributed by atoms with Gasteiger partial charge in [-0.15, -0.1) is 0 Å². The first kappa shape index (κ1) is 32.0. The number of halogens is 2. The maximum Gasteiger partial charge on any atom is 0.338 e. The van der Waals surface area contributed by atoms with Crippen LogP contribution in [-0.2, 0) is 16.1 Å². The van der Waals surface area contributed by atoms with Gasteiger partial charge < -0.3 is 23.7 Å². The molecular weight excluding hydrogens is 667 g/mol. The van der Waals surface area contributed by atoms with Crippen molar-refractivity contribution in [3.63, 3.8) is 0 Å². The molecule has 12 heteroatoms. The van der Waals surface area contributed by atoms with Crippen molar-refractivity contribution in [2.24, 2.45) is 4.99 Å². The van der Waals surface area contributed by atoms with E-state index in [0.717, 1.165) is 5.56 Å². The van der Waals surface area contributed by atoms with Crippen molar-refractivity contribution >= 4 is 39.3 Å². The van der Waals surface area contributed by atoms with Gasteiger partial charge in [-0.25, -0.2) is 14.2 Å². The molecule has 0 saturated carbocycles. The first-order chi connectivity index (χ1) is 21.7. The Morgan fingerprint density at radius 3 is 2.33 bits per heavy atom. The number of allylic oxidation sites excluding steroid dienone is 1. The van der Waals surface area contributed by atoms with Gasteiger partial charge >= 0.3 is 5.97 Å². The zero-order valence-corrected chi connectivity index (χ0v) is 27.6. The number of hydrogen-bond acceptors (Lipinski definition) is 9. The van der Waals surface area contributed by atoms with Gasteiger partial charge in [0.15, 0.2) is 27.8 Å². The van der Waals surface area contributed by atoms with Crippen molar-refractivity contribution in [2.45, 2.75) is 26.5 Å². The highest BCUT2D eigenvalue weighted by Gasteiger charge is 2.35. The number of benzene rings is 3. The summed E-state index contributed by atoms with van der Waals surface area (Å²) in [5.74, 6) is 0.990. The van der Waals surface area contributed by atoms with E-state index >= 15 is 0 Å². The second kappa shape index (κ2) is 13.7. The highest BCUT2D eigenvalue weighted by atomic mass is 79.9. The third kappa shape index (κ3) is 6.52. The summed E-state index contributed by atoms with van der Waals surface area (Å²) in [6.45, 7) is 3.83. The number of methoxy groups -OCH3 is 3. The van der Waals surface area contributed by atoms with E-state index in [2.05, 4.69) is 20.9 Å². The van der Waals surface area contributed by atoms with Gasteiger partial charge in [-0.1, -0.05) is 45.5 Å². The molecule has 0 N–H and O–H groups in total. The van der Waals surface area contributed by atoms with Crippen LogP contribution in [0.5, 0.6) is 23.0 Å². The fourth-order valence-corrected chi connectivity index (χ4v) is 6.54. The number of carbonyl (C=O) groups is 1. The number of hydrogen-bond donors (Lipinski definition) is 0. The fourth-order valence-electron chi connectivity index (χ4n) is 4.95. The molecule has 1 aromatic heterocycles. The van der Waals surface area contributed by atoms with Gasteiger partial charge in [0.05, 0.1) is 49.8 Å². The molecule has 0 unspecified atom stereocenters. The van der Waals surface area contributed by atoms with Crippen molar-refractivity contribution in [3.8, 4) is 23.0 Å². The van der Waals surface area contributed by atoms with E-state index in [0.29, 0.717) is 53.6 Å². The first-order valence-electron chi connectivity index (χ1n) is 13.8. The summed E-state index contributed by atoms with van der Waals surface area (Å²) in [5, 5.41) is 0. The molecule has 0 aliphatic carbocycles. The summed E-state index contributed by atoms with van der Waals surface area (Å²) in [7, 11) is 4.57. The van der Waals surface area contributed by atoms with Gasteiger partial charge in [0.25, 0.3) is 5.56 Å². The molecule has 234 valence electrons. The lowest BCUT2D eigenvalue weighted by atomic mass is 9.95. The molecule has 0 saturated heterocycles. The smallest absolute Gasteiger partial charge is 0.338 e. The summed E-state index contributed by atoms with van der Waals surface area (Å²) in [4.78, 5) is 32.4. The number of nitrogens with zero attached hydrogens (tertiary/aromatic N) is 2. The van der Waals surface area contributed by atoms with Crippen LogP contribution >= 0.6 is 27.3 Å².